The Morgan fingerprint density at radius 2 is 1.42 bits per heavy atom. The van der Waals surface area contributed by atoms with Crippen LogP contribution in [0.5, 0.6) is 0 Å². The molecule has 8 nitrogen and oxygen atoms in total. The maximum absolute atomic E-state index is 12.7. The molecule has 0 bridgehead atoms. The van der Waals surface area contributed by atoms with Gasteiger partial charge in [-0.2, -0.15) is 4.31 Å². The highest BCUT2D eigenvalue weighted by atomic mass is 32.2. The van der Waals surface area contributed by atoms with E-state index in [1.54, 1.807) is 18.7 Å². The van der Waals surface area contributed by atoms with E-state index in [-0.39, 0.29) is 29.9 Å². The number of sulfonamides is 2. The van der Waals surface area contributed by atoms with Gasteiger partial charge in [0.1, 0.15) is 0 Å². The number of hydrogen-bond acceptors (Lipinski definition) is 5. The van der Waals surface area contributed by atoms with E-state index in [1.807, 2.05) is 0 Å². The van der Waals surface area contributed by atoms with Gasteiger partial charge in [0.15, 0.2) is 0 Å². The molecule has 10 heteroatoms. The standard InChI is InChI=1S/C14H27N3O5S2/c1-3-23(19,20)16-10-8-15(9-11-16)14(18)13-6-5-7-17(12-13)24(21,22)4-2/h13H,3-12H2,1-2H3. The molecule has 2 aliphatic heterocycles. The summed E-state index contributed by atoms with van der Waals surface area (Å²) < 4.78 is 50.6. The molecule has 2 saturated heterocycles. The summed E-state index contributed by atoms with van der Waals surface area (Å²) >= 11 is 0. The van der Waals surface area contributed by atoms with Gasteiger partial charge in [-0.3, -0.25) is 4.79 Å². The van der Waals surface area contributed by atoms with Crippen molar-refractivity contribution in [2.75, 3.05) is 50.8 Å². The molecule has 0 aromatic rings. The van der Waals surface area contributed by atoms with Gasteiger partial charge in [-0.05, 0) is 26.7 Å². The largest absolute Gasteiger partial charge is 0.340 e. The van der Waals surface area contributed by atoms with Gasteiger partial charge in [-0.25, -0.2) is 21.1 Å². The number of rotatable bonds is 5. The van der Waals surface area contributed by atoms with Crippen molar-refractivity contribution in [1.29, 1.82) is 0 Å². The first-order valence-corrected chi connectivity index (χ1v) is 11.7. The predicted octanol–water partition coefficient (Wildman–Crippen LogP) is -0.458. The fourth-order valence-electron chi connectivity index (χ4n) is 3.21. The third kappa shape index (κ3) is 4.27. The molecule has 2 rings (SSSR count). The molecule has 2 heterocycles. The lowest BCUT2D eigenvalue weighted by Gasteiger charge is -2.38. The molecule has 24 heavy (non-hydrogen) atoms. The molecule has 0 aliphatic carbocycles. The molecular weight excluding hydrogens is 354 g/mol. The highest BCUT2D eigenvalue weighted by molar-refractivity contribution is 7.89. The van der Waals surface area contributed by atoms with E-state index < -0.39 is 20.0 Å². The summed E-state index contributed by atoms with van der Waals surface area (Å²) in [5, 5.41) is 0. The van der Waals surface area contributed by atoms with Crippen LogP contribution in [0.2, 0.25) is 0 Å². The minimum absolute atomic E-state index is 0.0431. The van der Waals surface area contributed by atoms with E-state index in [0.29, 0.717) is 45.6 Å². The van der Waals surface area contributed by atoms with Crippen LogP contribution >= 0.6 is 0 Å². The Bertz CT molecular complexity index is 654. The molecule has 140 valence electrons. The number of hydrogen-bond donors (Lipinski definition) is 0. The molecular formula is C14H27N3O5S2. The Morgan fingerprint density at radius 1 is 0.875 bits per heavy atom. The number of carbonyl (C=O) groups excluding carboxylic acids is 1. The Kier molecular flexibility index (Phi) is 6.27. The van der Waals surface area contributed by atoms with Crippen molar-refractivity contribution in [3.05, 3.63) is 0 Å². The van der Waals surface area contributed by atoms with Gasteiger partial charge in [-0.1, -0.05) is 0 Å². The zero-order chi connectivity index (χ0) is 18.0. The molecule has 2 aliphatic rings. The fraction of sp³-hybridized carbons (Fsp3) is 0.929. The first kappa shape index (κ1) is 19.6. The van der Waals surface area contributed by atoms with Crippen LogP contribution in [0.1, 0.15) is 26.7 Å². The maximum atomic E-state index is 12.7. The van der Waals surface area contributed by atoms with Crippen LogP contribution in [0.25, 0.3) is 0 Å². The average molecular weight is 382 g/mol. The van der Waals surface area contributed by atoms with E-state index in [2.05, 4.69) is 0 Å². The fourth-order valence-corrected chi connectivity index (χ4v) is 5.47. The van der Waals surface area contributed by atoms with E-state index in [0.717, 1.165) is 0 Å². The van der Waals surface area contributed by atoms with Crippen molar-refractivity contribution in [2.45, 2.75) is 26.7 Å². The molecule has 0 spiro atoms. The van der Waals surface area contributed by atoms with E-state index in [4.69, 9.17) is 0 Å². The highest BCUT2D eigenvalue weighted by Crippen LogP contribution is 2.22. The van der Waals surface area contributed by atoms with Crippen LogP contribution in [0.15, 0.2) is 0 Å². The second-order valence-electron chi connectivity index (χ2n) is 6.22. The maximum Gasteiger partial charge on any atom is 0.227 e. The van der Waals surface area contributed by atoms with Gasteiger partial charge in [0.05, 0.1) is 17.4 Å². The van der Waals surface area contributed by atoms with Gasteiger partial charge in [0, 0.05) is 39.3 Å². The van der Waals surface area contributed by atoms with Crippen LogP contribution in [0, 0.1) is 5.92 Å². The average Bonchev–Trinajstić information content (AvgIpc) is 2.61. The molecule has 0 aromatic heterocycles. The van der Waals surface area contributed by atoms with Gasteiger partial charge in [0.2, 0.25) is 26.0 Å². The summed E-state index contributed by atoms with van der Waals surface area (Å²) in [6.45, 7) is 5.29. The van der Waals surface area contributed by atoms with E-state index >= 15 is 0 Å². The van der Waals surface area contributed by atoms with Crippen molar-refractivity contribution in [3.63, 3.8) is 0 Å². The SMILES string of the molecule is CCS(=O)(=O)N1CCN(C(=O)C2CCCN(S(=O)(=O)CC)C2)CC1. The highest BCUT2D eigenvalue weighted by Gasteiger charge is 2.35. The molecule has 0 N–H and O–H groups in total. The number of amides is 1. The van der Waals surface area contributed by atoms with Crippen molar-refractivity contribution in [1.82, 2.24) is 13.5 Å². The van der Waals surface area contributed by atoms with Crippen LogP contribution in [0.3, 0.4) is 0 Å². The minimum Gasteiger partial charge on any atom is -0.340 e. The van der Waals surface area contributed by atoms with Gasteiger partial charge in [-0.15, -0.1) is 0 Å². The van der Waals surface area contributed by atoms with Gasteiger partial charge in [0.25, 0.3) is 0 Å². The summed E-state index contributed by atoms with van der Waals surface area (Å²) in [6, 6.07) is 0. The lowest BCUT2D eigenvalue weighted by Crippen LogP contribution is -2.54. The molecule has 0 saturated carbocycles. The van der Waals surface area contributed by atoms with Gasteiger partial charge >= 0.3 is 0 Å². The Hall–Kier alpha value is -0.710. The minimum atomic E-state index is -3.27. The topological polar surface area (TPSA) is 95.1 Å². The summed E-state index contributed by atoms with van der Waals surface area (Å²) in [5.41, 5.74) is 0. The second-order valence-corrected chi connectivity index (χ2v) is 10.7. The zero-order valence-corrected chi connectivity index (χ0v) is 16.0. The smallest absolute Gasteiger partial charge is 0.227 e. The Morgan fingerprint density at radius 3 is 1.96 bits per heavy atom. The van der Waals surface area contributed by atoms with Crippen molar-refractivity contribution in [2.24, 2.45) is 5.92 Å². The van der Waals surface area contributed by atoms with Gasteiger partial charge < -0.3 is 4.90 Å². The first-order valence-electron chi connectivity index (χ1n) is 8.45. The van der Waals surface area contributed by atoms with E-state index in [9.17, 15) is 21.6 Å². The van der Waals surface area contributed by atoms with Crippen LogP contribution in [-0.2, 0) is 24.8 Å². The van der Waals surface area contributed by atoms with Crippen LogP contribution in [-0.4, -0.2) is 87.0 Å². The predicted molar refractivity (Wildman–Crippen MR) is 91.4 cm³/mol. The molecule has 0 aromatic carbocycles. The monoisotopic (exact) mass is 381 g/mol. The quantitative estimate of drug-likeness (QED) is 0.642. The molecule has 1 atom stereocenters. The number of nitrogens with zero attached hydrogens (tertiary/aromatic N) is 3. The number of piperidine rings is 1. The van der Waals surface area contributed by atoms with Crippen molar-refractivity contribution >= 4 is 26.0 Å². The Labute approximate surface area is 144 Å². The lowest BCUT2D eigenvalue weighted by atomic mass is 9.98. The third-order valence-corrected chi connectivity index (χ3v) is 8.53. The van der Waals surface area contributed by atoms with Crippen LogP contribution < -0.4 is 0 Å². The normalized spacial score (nSPS) is 24.9. The van der Waals surface area contributed by atoms with E-state index in [1.165, 1.54) is 8.61 Å². The summed E-state index contributed by atoms with van der Waals surface area (Å²) in [6.07, 6.45) is 1.36. The third-order valence-electron chi connectivity index (χ3n) is 4.80. The van der Waals surface area contributed by atoms with Crippen LogP contribution in [0.4, 0.5) is 0 Å². The molecule has 1 unspecified atom stereocenters. The second kappa shape index (κ2) is 7.67. The molecule has 0 radical (unpaired) electrons. The number of piperazine rings is 1. The zero-order valence-electron chi connectivity index (χ0n) is 14.3. The Balaban J connectivity index is 1.96. The number of carbonyl (C=O) groups is 1. The molecule has 1 amide bonds. The molecule has 2 fully saturated rings. The van der Waals surface area contributed by atoms with Crippen molar-refractivity contribution < 1.29 is 21.6 Å². The summed E-state index contributed by atoms with van der Waals surface area (Å²) in [7, 11) is -6.49. The summed E-state index contributed by atoms with van der Waals surface area (Å²) in [5.74, 6) is -0.275. The summed E-state index contributed by atoms with van der Waals surface area (Å²) in [4.78, 5) is 14.4. The van der Waals surface area contributed by atoms with Crippen molar-refractivity contribution in [3.8, 4) is 0 Å². The lowest BCUT2D eigenvalue weighted by molar-refractivity contribution is -0.137. The first-order chi connectivity index (χ1) is 11.2.